The average molecular weight is 845 g/mol. The second kappa shape index (κ2) is 13.2. The second-order valence-corrected chi connectivity index (χ2v) is 17.1. The molecule has 0 aliphatic heterocycles. The van der Waals surface area contributed by atoms with Crippen LogP contribution in [0.2, 0.25) is 0 Å². The van der Waals surface area contributed by atoms with Crippen LogP contribution in [0.25, 0.3) is 149 Å². The van der Waals surface area contributed by atoms with Gasteiger partial charge in [-0.1, -0.05) is 127 Å². The van der Waals surface area contributed by atoms with Crippen LogP contribution in [0.15, 0.2) is 207 Å². The van der Waals surface area contributed by atoms with E-state index in [2.05, 4.69) is 138 Å². The van der Waals surface area contributed by atoms with Gasteiger partial charge in [-0.15, -0.1) is 0 Å². The second-order valence-electron chi connectivity index (χ2n) is 17.1. The van der Waals surface area contributed by atoms with Crippen LogP contribution in [-0.2, 0) is 0 Å². The predicted octanol–water partition coefficient (Wildman–Crippen LogP) is 16.0. The number of fused-ring (bicyclic) bond motifs is 14. The summed E-state index contributed by atoms with van der Waals surface area (Å²) in [4.78, 5) is 16.3. The fourth-order valence-corrected chi connectivity index (χ4v) is 10.4. The zero-order valence-corrected chi connectivity index (χ0v) is 35.0. The molecule has 0 aliphatic carbocycles. The van der Waals surface area contributed by atoms with Gasteiger partial charge >= 0.3 is 0 Å². The van der Waals surface area contributed by atoms with Crippen LogP contribution in [0.5, 0.6) is 0 Å². The molecule has 0 N–H and O–H groups in total. The highest BCUT2D eigenvalue weighted by Crippen LogP contribution is 2.46. The fourth-order valence-electron chi connectivity index (χ4n) is 10.4. The molecule has 0 saturated heterocycles. The molecule has 15 rings (SSSR count). The van der Waals surface area contributed by atoms with E-state index >= 15 is 0 Å². The van der Waals surface area contributed by atoms with Crippen molar-refractivity contribution in [2.75, 3.05) is 0 Å². The van der Waals surface area contributed by atoms with Gasteiger partial charge in [0.05, 0.1) is 33.2 Å². The summed E-state index contributed by atoms with van der Waals surface area (Å²) in [7, 11) is 0. The molecule has 5 aromatic heterocycles. The van der Waals surface area contributed by atoms with Crippen LogP contribution in [0.4, 0.5) is 0 Å². The predicted molar refractivity (Wildman–Crippen MR) is 267 cm³/mol. The monoisotopic (exact) mass is 844 g/mol. The van der Waals surface area contributed by atoms with Crippen molar-refractivity contribution in [2.45, 2.75) is 0 Å². The minimum absolute atomic E-state index is 0.482. The van der Waals surface area contributed by atoms with E-state index in [1.165, 1.54) is 5.39 Å². The summed E-state index contributed by atoms with van der Waals surface area (Å²) in [5, 5.41) is 12.9. The molecular formula is C59H32N4O3. The van der Waals surface area contributed by atoms with E-state index in [4.69, 9.17) is 28.2 Å². The fraction of sp³-hybridized carbons (Fsp3) is 0. The molecule has 66 heavy (non-hydrogen) atoms. The van der Waals surface area contributed by atoms with Gasteiger partial charge in [-0.05, 0) is 88.3 Å². The van der Waals surface area contributed by atoms with Gasteiger partial charge in [-0.3, -0.25) is 0 Å². The molecule has 0 spiro atoms. The van der Waals surface area contributed by atoms with Gasteiger partial charge in [-0.25, -0.2) is 15.0 Å². The maximum atomic E-state index is 6.83. The van der Waals surface area contributed by atoms with Crippen LogP contribution in [-0.4, -0.2) is 19.5 Å². The summed E-state index contributed by atoms with van der Waals surface area (Å²) in [5.74, 6) is 1.46. The van der Waals surface area contributed by atoms with E-state index in [1.54, 1.807) is 0 Å². The Labute approximate surface area is 374 Å². The maximum absolute atomic E-state index is 6.83. The van der Waals surface area contributed by atoms with Crippen molar-refractivity contribution in [1.82, 2.24) is 19.5 Å². The van der Waals surface area contributed by atoms with E-state index in [1.807, 2.05) is 60.7 Å². The lowest BCUT2D eigenvalue weighted by molar-refractivity contribution is 0.669. The third kappa shape index (κ3) is 4.99. The number of furan rings is 3. The lowest BCUT2D eigenvalue weighted by Gasteiger charge is -2.16. The quantitative estimate of drug-likeness (QED) is 0.175. The Bertz CT molecular complexity index is 4420. The van der Waals surface area contributed by atoms with Gasteiger partial charge < -0.3 is 17.8 Å². The summed E-state index contributed by atoms with van der Waals surface area (Å²) in [6, 6.07) is 67.4. The summed E-state index contributed by atoms with van der Waals surface area (Å²) in [6.07, 6.45) is 0. The van der Waals surface area contributed by atoms with Gasteiger partial charge in [0.15, 0.2) is 17.5 Å². The molecule has 0 amide bonds. The number of para-hydroxylation sites is 5. The SMILES string of the molecule is c1ccc2cc3c(cc2c1)oc1ccc(-c2nc(-c4cccc5c4oc4ccccc45)nc(-c4cccc5c4oc4ccccc45)n2)c(-n2c4ccccc4c4cc5ccccc5cc42)c13. The van der Waals surface area contributed by atoms with Gasteiger partial charge in [0.25, 0.3) is 0 Å². The molecule has 0 unspecified atom stereocenters. The Morgan fingerprint density at radius 2 is 0.803 bits per heavy atom. The lowest BCUT2D eigenvalue weighted by atomic mass is 10.0. The van der Waals surface area contributed by atoms with Crippen LogP contribution < -0.4 is 0 Å². The van der Waals surface area contributed by atoms with Gasteiger partial charge in [0.2, 0.25) is 0 Å². The molecule has 10 aromatic carbocycles. The molecular weight excluding hydrogens is 813 g/mol. The van der Waals surface area contributed by atoms with E-state index < -0.39 is 0 Å². The summed E-state index contributed by atoms with van der Waals surface area (Å²) in [6.45, 7) is 0. The highest BCUT2D eigenvalue weighted by Gasteiger charge is 2.26. The van der Waals surface area contributed by atoms with Crippen molar-refractivity contribution >= 4 is 109 Å². The molecule has 0 saturated carbocycles. The minimum atomic E-state index is 0.482. The molecule has 306 valence electrons. The van der Waals surface area contributed by atoms with Crippen molar-refractivity contribution in [1.29, 1.82) is 0 Å². The molecule has 0 aliphatic rings. The van der Waals surface area contributed by atoms with E-state index in [0.29, 0.717) is 28.6 Å². The molecule has 7 heteroatoms. The Hall–Kier alpha value is -9.07. The summed E-state index contributed by atoms with van der Waals surface area (Å²) < 4.78 is 22.5. The van der Waals surface area contributed by atoms with Crippen LogP contribution in [0.3, 0.4) is 0 Å². The van der Waals surface area contributed by atoms with Crippen LogP contribution in [0.1, 0.15) is 0 Å². The topological polar surface area (TPSA) is 83.0 Å². The lowest BCUT2D eigenvalue weighted by Crippen LogP contribution is -2.04. The first-order chi connectivity index (χ1) is 32.7. The van der Waals surface area contributed by atoms with E-state index in [-0.39, 0.29) is 0 Å². The summed E-state index contributed by atoms with van der Waals surface area (Å²) in [5.41, 5.74) is 9.95. The maximum Gasteiger partial charge on any atom is 0.167 e. The highest BCUT2D eigenvalue weighted by atomic mass is 16.3. The van der Waals surface area contributed by atoms with Crippen LogP contribution in [0, 0.1) is 0 Å². The Morgan fingerprint density at radius 1 is 0.303 bits per heavy atom. The standard InChI is InChI=1S/C59H32N4O3/c1-3-15-35-31-48-45(29-33(35)13-1)37-17-5-8-24-47(37)63(48)54-42(27-28-51-53(54)46-30-34-14-2-4-16-36(34)32-52(46)64-51)57-60-58(43-22-11-20-40-38-18-6-9-25-49(38)65-55(40)43)62-59(61-57)44-23-12-21-41-39-19-7-10-26-50(39)66-56(41)44/h1-32H. The molecule has 7 nitrogen and oxygen atoms in total. The third-order valence-corrected chi connectivity index (χ3v) is 13.4. The Kier molecular flexibility index (Phi) is 7.10. The van der Waals surface area contributed by atoms with Crippen LogP contribution >= 0.6 is 0 Å². The van der Waals surface area contributed by atoms with Gasteiger partial charge in [0, 0.05) is 43.3 Å². The van der Waals surface area contributed by atoms with Crippen molar-refractivity contribution in [3.05, 3.63) is 194 Å². The number of nitrogens with zero attached hydrogens (tertiary/aromatic N) is 4. The Morgan fingerprint density at radius 3 is 1.44 bits per heavy atom. The first-order valence-electron chi connectivity index (χ1n) is 22.1. The third-order valence-electron chi connectivity index (χ3n) is 13.4. The first kappa shape index (κ1) is 35.4. The smallest absolute Gasteiger partial charge is 0.167 e. The largest absolute Gasteiger partial charge is 0.456 e. The normalized spacial score (nSPS) is 12.2. The zero-order valence-electron chi connectivity index (χ0n) is 35.0. The number of hydrogen-bond donors (Lipinski definition) is 0. The molecule has 0 radical (unpaired) electrons. The Balaban J connectivity index is 1.11. The number of benzene rings is 10. The summed E-state index contributed by atoms with van der Waals surface area (Å²) >= 11 is 0. The molecule has 15 aromatic rings. The molecule has 0 atom stereocenters. The van der Waals surface area contributed by atoms with Crippen molar-refractivity contribution in [2.24, 2.45) is 0 Å². The minimum Gasteiger partial charge on any atom is -0.456 e. The average Bonchev–Trinajstić information content (AvgIpc) is 4.13. The van der Waals surface area contributed by atoms with Gasteiger partial charge in [0.1, 0.15) is 33.5 Å². The van der Waals surface area contributed by atoms with Crippen molar-refractivity contribution in [3.8, 4) is 39.9 Å². The highest BCUT2D eigenvalue weighted by molar-refractivity contribution is 6.20. The zero-order chi connectivity index (χ0) is 43.0. The molecule has 0 bridgehead atoms. The van der Waals surface area contributed by atoms with Crippen molar-refractivity contribution in [3.63, 3.8) is 0 Å². The van der Waals surface area contributed by atoms with E-state index in [9.17, 15) is 0 Å². The van der Waals surface area contributed by atoms with Crippen molar-refractivity contribution < 1.29 is 13.3 Å². The van der Waals surface area contributed by atoms with Gasteiger partial charge in [-0.2, -0.15) is 0 Å². The number of hydrogen-bond acceptors (Lipinski definition) is 6. The number of aromatic nitrogens is 4. The van der Waals surface area contributed by atoms with E-state index in [0.717, 1.165) is 115 Å². The molecule has 0 fully saturated rings. The number of rotatable bonds is 4. The first-order valence-corrected chi connectivity index (χ1v) is 22.1. The molecule has 5 heterocycles.